The van der Waals surface area contributed by atoms with Crippen LogP contribution in [0.25, 0.3) is 22.3 Å². The smallest absolute Gasteiger partial charge is 0.0714 e. The van der Waals surface area contributed by atoms with Crippen LogP contribution >= 0.6 is 0 Å². The Morgan fingerprint density at radius 3 is 1.08 bits per heavy atom. The van der Waals surface area contributed by atoms with E-state index in [9.17, 15) is 0 Å². The van der Waals surface area contributed by atoms with E-state index >= 15 is 0 Å². The fraction of sp³-hybridized carbons (Fsp3) is 0.156. The molecule has 0 saturated carbocycles. The first kappa shape index (κ1) is 40.5. The highest BCUT2D eigenvalue weighted by atomic mass is 15.1. The number of benzene rings is 9. The van der Waals surface area contributed by atoms with Crippen molar-refractivity contribution in [3.05, 3.63) is 280 Å². The molecule has 9 aromatic carbocycles. The molecule has 0 saturated heterocycles. The minimum atomic E-state index is -0.514. The number of unbranched alkanes of at least 4 members (excludes halogenated alkanes) is 2. The van der Waals surface area contributed by atoms with Gasteiger partial charge in [0.05, 0.1) is 10.8 Å². The van der Waals surface area contributed by atoms with Crippen LogP contribution in [0.2, 0.25) is 0 Å². The van der Waals surface area contributed by atoms with Crippen molar-refractivity contribution in [2.24, 2.45) is 0 Å². The molecule has 0 amide bonds. The fourth-order valence-electron chi connectivity index (χ4n) is 11.4. The third-order valence-electron chi connectivity index (χ3n) is 14.4. The van der Waals surface area contributed by atoms with Crippen molar-refractivity contribution in [3.63, 3.8) is 0 Å². The van der Waals surface area contributed by atoms with Gasteiger partial charge in [-0.3, -0.25) is 0 Å². The number of aryl methyl sites for hydroxylation is 2. The summed E-state index contributed by atoms with van der Waals surface area (Å²) in [5, 5.41) is 0. The zero-order valence-corrected chi connectivity index (χ0v) is 37.6. The van der Waals surface area contributed by atoms with Crippen LogP contribution < -0.4 is 4.90 Å². The second-order valence-electron chi connectivity index (χ2n) is 18.1. The van der Waals surface area contributed by atoms with Gasteiger partial charge in [0.25, 0.3) is 0 Å². The van der Waals surface area contributed by atoms with E-state index < -0.39 is 10.8 Å². The van der Waals surface area contributed by atoms with Gasteiger partial charge in [0.15, 0.2) is 0 Å². The summed E-state index contributed by atoms with van der Waals surface area (Å²) in [6, 6.07) is 85.1. The van der Waals surface area contributed by atoms with E-state index in [0.29, 0.717) is 0 Å². The summed E-state index contributed by atoms with van der Waals surface area (Å²) in [4.78, 5) is 2.49. The van der Waals surface area contributed by atoms with Crippen LogP contribution in [0.5, 0.6) is 0 Å². The molecule has 1 heteroatoms. The lowest BCUT2D eigenvalue weighted by molar-refractivity contribution is 0.762. The second kappa shape index (κ2) is 17.1. The molecule has 65 heavy (non-hydrogen) atoms. The van der Waals surface area contributed by atoms with Gasteiger partial charge < -0.3 is 4.90 Å². The lowest BCUT2D eigenvalue weighted by Gasteiger charge is -2.36. The fourth-order valence-corrected chi connectivity index (χ4v) is 11.4. The largest absolute Gasteiger partial charge is 0.310 e. The molecule has 2 aliphatic rings. The minimum absolute atomic E-state index is 0.514. The molecule has 0 fully saturated rings. The maximum absolute atomic E-state index is 2.50. The summed E-state index contributed by atoms with van der Waals surface area (Å²) in [6.45, 7) is 4.55. The molecule has 1 nitrogen and oxygen atoms in total. The number of para-hydroxylation sites is 1. The maximum atomic E-state index is 2.50. The first-order valence-electron chi connectivity index (χ1n) is 23.8. The van der Waals surface area contributed by atoms with Gasteiger partial charge in [-0.1, -0.05) is 215 Å². The van der Waals surface area contributed by atoms with E-state index in [-0.39, 0.29) is 0 Å². The number of rotatable bonds is 13. The molecular weight excluding hydrogens is 783 g/mol. The number of hydrogen-bond donors (Lipinski definition) is 0. The summed E-state index contributed by atoms with van der Waals surface area (Å²) in [5.41, 5.74) is 20.7. The van der Waals surface area contributed by atoms with Crippen LogP contribution in [0.1, 0.15) is 95.2 Å². The molecule has 11 rings (SSSR count). The van der Waals surface area contributed by atoms with E-state index in [4.69, 9.17) is 0 Å². The molecule has 0 N–H and O–H groups in total. The predicted octanol–water partition coefficient (Wildman–Crippen LogP) is 16.6. The second-order valence-corrected chi connectivity index (χ2v) is 18.1. The summed E-state index contributed by atoms with van der Waals surface area (Å²) in [6.07, 6.45) is 6.96. The Bertz CT molecular complexity index is 2900. The van der Waals surface area contributed by atoms with Crippen LogP contribution in [0.4, 0.5) is 17.1 Å². The Morgan fingerprint density at radius 2 is 0.662 bits per heavy atom. The van der Waals surface area contributed by atoms with Crippen molar-refractivity contribution in [2.45, 2.75) is 63.2 Å². The lowest BCUT2D eigenvalue weighted by Crippen LogP contribution is -2.29. The average molecular weight is 838 g/mol. The van der Waals surface area contributed by atoms with Crippen LogP contribution in [0.3, 0.4) is 0 Å². The van der Waals surface area contributed by atoms with Crippen LogP contribution in [0.15, 0.2) is 224 Å². The highest BCUT2D eigenvalue weighted by molar-refractivity contribution is 5.92. The number of nitrogens with zero attached hydrogens (tertiary/aromatic N) is 1. The predicted molar refractivity (Wildman–Crippen MR) is 273 cm³/mol. The lowest BCUT2D eigenvalue weighted by atomic mass is 9.67. The van der Waals surface area contributed by atoms with Crippen molar-refractivity contribution in [3.8, 4) is 22.3 Å². The zero-order chi connectivity index (χ0) is 43.8. The molecule has 2 aliphatic carbocycles. The number of fused-ring (bicyclic) bond motifs is 6. The average Bonchev–Trinajstić information content (AvgIpc) is 3.84. The quantitative estimate of drug-likeness (QED) is 0.112. The van der Waals surface area contributed by atoms with Crippen molar-refractivity contribution in [1.82, 2.24) is 0 Å². The molecular formula is C64H55N. The molecule has 9 aromatic rings. The molecule has 2 atom stereocenters. The number of hydrogen-bond acceptors (Lipinski definition) is 1. The molecule has 0 radical (unpaired) electrons. The van der Waals surface area contributed by atoms with E-state index in [2.05, 4.69) is 243 Å². The van der Waals surface area contributed by atoms with Gasteiger partial charge in [-0.2, -0.15) is 0 Å². The number of anilines is 3. The third-order valence-corrected chi connectivity index (χ3v) is 14.4. The standard InChI is InChI=1S/C64H55N/c1-3-5-20-46-32-36-50(37-33-46)63(48-22-10-7-11-23-48)59-30-18-16-28-55(59)57-42-40-53(44-61(57)63)65(52-26-14-9-15-27-52)54-41-43-58-56-29-17-19-31-60(56)64(62(58)45-54,49-24-12-8-13-25-49)51-38-34-47(35-39-51)21-6-4-2/h7-19,22-45H,3-6,20-21H2,1-2H3. The van der Waals surface area contributed by atoms with E-state index in [1.165, 1.54) is 104 Å². The van der Waals surface area contributed by atoms with Crippen LogP contribution in [-0.2, 0) is 23.7 Å². The normalized spacial score (nSPS) is 16.6. The van der Waals surface area contributed by atoms with Crippen LogP contribution in [-0.4, -0.2) is 0 Å². The third kappa shape index (κ3) is 6.59. The molecule has 0 aromatic heterocycles. The van der Waals surface area contributed by atoms with E-state index in [1.807, 2.05) is 0 Å². The van der Waals surface area contributed by atoms with Crippen molar-refractivity contribution in [2.75, 3.05) is 4.90 Å². The SMILES string of the molecule is CCCCc1ccc(C2(c3ccccc3)c3ccccc3-c3ccc(N(c4ccccc4)c4ccc5c(c4)C(c4ccccc4)(c4ccc(CCCC)cc4)c4ccccc4-5)cc32)cc1. The Hall–Kier alpha value is -7.22. The van der Waals surface area contributed by atoms with Crippen LogP contribution in [0, 0.1) is 0 Å². The maximum Gasteiger partial charge on any atom is 0.0714 e. The summed E-state index contributed by atoms with van der Waals surface area (Å²) in [7, 11) is 0. The van der Waals surface area contributed by atoms with Gasteiger partial charge in [0, 0.05) is 17.1 Å². The molecule has 0 bridgehead atoms. The Morgan fingerprint density at radius 1 is 0.308 bits per heavy atom. The minimum Gasteiger partial charge on any atom is -0.310 e. The molecule has 316 valence electrons. The molecule has 0 aliphatic heterocycles. The van der Waals surface area contributed by atoms with Gasteiger partial charge in [0.1, 0.15) is 0 Å². The first-order chi connectivity index (χ1) is 32.2. The Labute approximate surface area is 385 Å². The zero-order valence-electron chi connectivity index (χ0n) is 37.6. The van der Waals surface area contributed by atoms with Gasteiger partial charge in [-0.05, 0) is 140 Å². The van der Waals surface area contributed by atoms with E-state index in [0.717, 1.165) is 29.9 Å². The van der Waals surface area contributed by atoms with Gasteiger partial charge in [-0.25, -0.2) is 0 Å². The summed E-state index contributed by atoms with van der Waals surface area (Å²) < 4.78 is 0. The van der Waals surface area contributed by atoms with Crippen molar-refractivity contribution in [1.29, 1.82) is 0 Å². The Balaban J connectivity index is 1.14. The highest BCUT2D eigenvalue weighted by Crippen LogP contribution is 2.59. The summed E-state index contributed by atoms with van der Waals surface area (Å²) >= 11 is 0. The van der Waals surface area contributed by atoms with Gasteiger partial charge >= 0.3 is 0 Å². The highest BCUT2D eigenvalue weighted by Gasteiger charge is 2.48. The summed E-state index contributed by atoms with van der Waals surface area (Å²) in [5.74, 6) is 0. The topological polar surface area (TPSA) is 3.24 Å². The van der Waals surface area contributed by atoms with Crippen molar-refractivity contribution >= 4 is 17.1 Å². The Kier molecular flexibility index (Phi) is 10.6. The molecule has 0 spiro atoms. The first-order valence-corrected chi connectivity index (χ1v) is 23.8. The van der Waals surface area contributed by atoms with E-state index in [1.54, 1.807) is 0 Å². The van der Waals surface area contributed by atoms with Crippen molar-refractivity contribution < 1.29 is 0 Å². The monoisotopic (exact) mass is 837 g/mol. The molecule has 0 heterocycles. The van der Waals surface area contributed by atoms with Gasteiger partial charge in [0.2, 0.25) is 0 Å². The molecule has 2 unspecified atom stereocenters. The van der Waals surface area contributed by atoms with Gasteiger partial charge in [-0.15, -0.1) is 0 Å².